The van der Waals surface area contributed by atoms with Gasteiger partial charge in [0.25, 0.3) is 0 Å². The molecule has 4 heterocycles. The Kier molecular flexibility index (Phi) is 2.26. The predicted molar refractivity (Wildman–Crippen MR) is 76.4 cm³/mol. The minimum Gasteiger partial charge on any atom is -0.396 e. The Balaban J connectivity index is 1.97. The molecule has 21 heavy (non-hydrogen) atoms. The highest BCUT2D eigenvalue weighted by atomic mass is 15.4. The molecular weight excluding hydrogens is 270 g/mol. The molecule has 0 amide bonds. The molecule has 0 aromatic carbocycles. The van der Waals surface area contributed by atoms with Crippen molar-refractivity contribution in [1.82, 2.24) is 39.1 Å². The summed E-state index contributed by atoms with van der Waals surface area (Å²) in [6, 6.07) is 0. The summed E-state index contributed by atoms with van der Waals surface area (Å²) in [5, 5.41) is 13.8. The van der Waals surface area contributed by atoms with Gasteiger partial charge in [-0.05, 0) is 6.92 Å². The first-order valence-electron chi connectivity index (χ1n) is 6.53. The zero-order chi connectivity index (χ0) is 14.6. The van der Waals surface area contributed by atoms with Gasteiger partial charge in [-0.15, -0.1) is 5.10 Å². The molecule has 0 radical (unpaired) electrons. The Bertz CT molecular complexity index is 958. The van der Waals surface area contributed by atoms with E-state index >= 15 is 0 Å². The largest absolute Gasteiger partial charge is 0.396 e. The standard InChI is InChI=1S/C12H13N9/c1-3-20-5-8(13)9(17-20)10-16-12-7-4-15-19(2)11(7)14-6-21(12)18-10/h4-6H,3,13H2,1-2H3. The van der Waals surface area contributed by atoms with Gasteiger partial charge in [0.1, 0.15) is 6.33 Å². The fraction of sp³-hybridized carbons (Fsp3) is 0.250. The zero-order valence-corrected chi connectivity index (χ0v) is 11.6. The van der Waals surface area contributed by atoms with E-state index in [4.69, 9.17) is 5.73 Å². The Labute approximate surface area is 119 Å². The van der Waals surface area contributed by atoms with E-state index < -0.39 is 0 Å². The third-order valence-electron chi connectivity index (χ3n) is 3.39. The molecule has 0 bridgehead atoms. The number of nitrogens with zero attached hydrogens (tertiary/aromatic N) is 8. The van der Waals surface area contributed by atoms with Gasteiger partial charge in [0, 0.05) is 19.8 Å². The molecule has 9 heteroatoms. The molecule has 4 aromatic heterocycles. The van der Waals surface area contributed by atoms with E-state index in [1.54, 1.807) is 32.6 Å². The normalized spacial score (nSPS) is 11.7. The Morgan fingerprint density at radius 1 is 1.24 bits per heavy atom. The molecule has 0 saturated heterocycles. The van der Waals surface area contributed by atoms with E-state index in [1.807, 2.05) is 14.0 Å². The second-order valence-corrected chi connectivity index (χ2v) is 4.74. The van der Waals surface area contributed by atoms with Crippen LogP contribution in [-0.4, -0.2) is 39.1 Å². The predicted octanol–water partition coefficient (Wildman–Crippen LogP) is 0.477. The van der Waals surface area contributed by atoms with Crippen LogP contribution in [0.1, 0.15) is 6.92 Å². The number of hydrogen-bond acceptors (Lipinski definition) is 6. The van der Waals surface area contributed by atoms with Crippen LogP contribution >= 0.6 is 0 Å². The van der Waals surface area contributed by atoms with Crippen LogP contribution in [0.4, 0.5) is 5.69 Å². The number of aromatic nitrogens is 8. The molecule has 4 rings (SSSR count). The molecule has 0 aliphatic rings. The van der Waals surface area contributed by atoms with Crippen LogP contribution in [0, 0.1) is 0 Å². The number of nitrogen functional groups attached to an aromatic ring is 1. The monoisotopic (exact) mass is 283 g/mol. The van der Waals surface area contributed by atoms with Crippen molar-refractivity contribution in [2.45, 2.75) is 13.5 Å². The number of fused-ring (bicyclic) bond motifs is 3. The summed E-state index contributed by atoms with van der Waals surface area (Å²) in [6.45, 7) is 2.74. The van der Waals surface area contributed by atoms with Gasteiger partial charge in [0.2, 0.25) is 5.82 Å². The van der Waals surface area contributed by atoms with Crippen LogP contribution < -0.4 is 5.73 Å². The minimum absolute atomic E-state index is 0.484. The zero-order valence-electron chi connectivity index (χ0n) is 11.6. The number of hydrogen-bond donors (Lipinski definition) is 1. The van der Waals surface area contributed by atoms with Crippen molar-refractivity contribution in [2.75, 3.05) is 5.73 Å². The summed E-state index contributed by atoms with van der Waals surface area (Å²) in [5.74, 6) is 0.484. The van der Waals surface area contributed by atoms with Crippen molar-refractivity contribution in [1.29, 1.82) is 0 Å². The highest BCUT2D eigenvalue weighted by molar-refractivity contribution is 5.89. The van der Waals surface area contributed by atoms with Crippen LogP contribution in [0.25, 0.3) is 28.2 Å². The molecule has 0 unspecified atom stereocenters. The van der Waals surface area contributed by atoms with Gasteiger partial charge in [-0.1, -0.05) is 0 Å². The summed E-state index contributed by atoms with van der Waals surface area (Å²) in [7, 11) is 1.84. The summed E-state index contributed by atoms with van der Waals surface area (Å²) < 4.78 is 5.07. The second kappa shape index (κ2) is 4.01. The molecule has 4 aromatic rings. The lowest BCUT2D eigenvalue weighted by Crippen LogP contribution is -1.95. The average molecular weight is 283 g/mol. The van der Waals surface area contributed by atoms with Gasteiger partial charge in [-0.2, -0.15) is 10.2 Å². The quantitative estimate of drug-likeness (QED) is 0.573. The van der Waals surface area contributed by atoms with Crippen molar-refractivity contribution in [3.05, 3.63) is 18.7 Å². The van der Waals surface area contributed by atoms with Gasteiger partial charge >= 0.3 is 0 Å². The van der Waals surface area contributed by atoms with Crippen LogP contribution in [0.3, 0.4) is 0 Å². The van der Waals surface area contributed by atoms with Gasteiger partial charge in [0.15, 0.2) is 17.0 Å². The Morgan fingerprint density at radius 3 is 2.86 bits per heavy atom. The van der Waals surface area contributed by atoms with Crippen molar-refractivity contribution in [2.24, 2.45) is 7.05 Å². The first kappa shape index (κ1) is 11.8. The molecule has 0 aliphatic carbocycles. The van der Waals surface area contributed by atoms with Crippen molar-refractivity contribution >= 4 is 22.4 Å². The van der Waals surface area contributed by atoms with E-state index in [9.17, 15) is 0 Å². The van der Waals surface area contributed by atoms with Crippen molar-refractivity contribution < 1.29 is 0 Å². The topological polar surface area (TPSA) is 105 Å². The summed E-state index contributed by atoms with van der Waals surface area (Å²) in [5.41, 5.74) is 8.57. The molecule has 2 N–H and O–H groups in total. The second-order valence-electron chi connectivity index (χ2n) is 4.74. The van der Waals surface area contributed by atoms with Crippen LogP contribution in [0.2, 0.25) is 0 Å². The van der Waals surface area contributed by atoms with E-state index in [0.717, 1.165) is 17.6 Å². The lowest BCUT2D eigenvalue weighted by Gasteiger charge is -1.93. The molecule has 0 saturated carbocycles. The fourth-order valence-electron chi connectivity index (χ4n) is 2.31. The number of nitrogens with two attached hydrogens (primary N) is 1. The van der Waals surface area contributed by atoms with Gasteiger partial charge in [-0.3, -0.25) is 9.36 Å². The maximum Gasteiger partial charge on any atom is 0.204 e. The molecule has 106 valence electrons. The lowest BCUT2D eigenvalue weighted by atomic mass is 10.3. The molecule has 0 aliphatic heterocycles. The van der Waals surface area contributed by atoms with E-state index in [-0.39, 0.29) is 0 Å². The van der Waals surface area contributed by atoms with Gasteiger partial charge in [-0.25, -0.2) is 14.5 Å². The van der Waals surface area contributed by atoms with E-state index in [2.05, 4.69) is 25.3 Å². The fourth-order valence-corrected chi connectivity index (χ4v) is 2.31. The highest BCUT2D eigenvalue weighted by Crippen LogP contribution is 2.23. The summed E-state index contributed by atoms with van der Waals surface area (Å²) in [6.07, 6.45) is 5.12. The average Bonchev–Trinajstić information content (AvgIpc) is 3.15. The van der Waals surface area contributed by atoms with Crippen molar-refractivity contribution in [3.63, 3.8) is 0 Å². The summed E-state index contributed by atoms with van der Waals surface area (Å²) in [4.78, 5) is 8.86. The maximum absolute atomic E-state index is 5.98. The SMILES string of the molecule is CCn1cc(N)c(-c2nc3c4cnn(C)c4ncn3n2)n1. The maximum atomic E-state index is 5.98. The van der Waals surface area contributed by atoms with Gasteiger partial charge in [0.05, 0.1) is 17.3 Å². The van der Waals surface area contributed by atoms with E-state index in [0.29, 0.717) is 22.9 Å². The van der Waals surface area contributed by atoms with Gasteiger partial charge < -0.3 is 5.73 Å². The lowest BCUT2D eigenvalue weighted by molar-refractivity contribution is 0.661. The first-order valence-corrected chi connectivity index (χ1v) is 6.53. The molecular formula is C12H13N9. The number of aryl methyl sites for hydroxylation is 2. The van der Waals surface area contributed by atoms with Crippen LogP contribution in [0.5, 0.6) is 0 Å². The Hall–Kier alpha value is -2.97. The highest BCUT2D eigenvalue weighted by Gasteiger charge is 2.16. The number of rotatable bonds is 2. The third kappa shape index (κ3) is 1.60. The molecule has 9 nitrogen and oxygen atoms in total. The molecule has 0 spiro atoms. The Morgan fingerprint density at radius 2 is 2.10 bits per heavy atom. The smallest absolute Gasteiger partial charge is 0.204 e. The minimum atomic E-state index is 0.484. The molecule has 0 fully saturated rings. The first-order chi connectivity index (χ1) is 10.2. The van der Waals surface area contributed by atoms with Crippen LogP contribution in [0.15, 0.2) is 18.7 Å². The summed E-state index contributed by atoms with van der Waals surface area (Å²) >= 11 is 0. The number of anilines is 1. The van der Waals surface area contributed by atoms with Crippen molar-refractivity contribution in [3.8, 4) is 11.5 Å². The van der Waals surface area contributed by atoms with E-state index in [1.165, 1.54) is 0 Å². The molecule has 0 atom stereocenters. The third-order valence-corrected chi connectivity index (χ3v) is 3.39. The van der Waals surface area contributed by atoms with Crippen LogP contribution in [-0.2, 0) is 13.6 Å².